The molecule has 2 N–H and O–H groups in total. The van der Waals surface area contributed by atoms with E-state index in [1.54, 1.807) is 5.01 Å². The molecule has 10 heteroatoms. The van der Waals surface area contributed by atoms with Gasteiger partial charge in [-0.15, -0.1) is 6.42 Å². The van der Waals surface area contributed by atoms with Crippen LogP contribution in [0.1, 0.15) is 53.1 Å². The number of carbonyl (C=O) groups is 2. The Kier molecular flexibility index (Phi) is 7.56. The second-order valence-corrected chi connectivity index (χ2v) is 8.45. The summed E-state index contributed by atoms with van der Waals surface area (Å²) in [6.07, 6.45) is 8.23. The molecule has 0 fully saturated rings. The van der Waals surface area contributed by atoms with Gasteiger partial charge in [0.1, 0.15) is 23.9 Å². The second kappa shape index (κ2) is 10.4. The normalized spacial score (nSPS) is 13.1. The van der Waals surface area contributed by atoms with E-state index in [0.29, 0.717) is 18.5 Å². The van der Waals surface area contributed by atoms with Gasteiger partial charge in [-0.1, -0.05) is 25.8 Å². The van der Waals surface area contributed by atoms with Gasteiger partial charge in [-0.05, 0) is 24.8 Å². The third kappa shape index (κ3) is 5.20. The van der Waals surface area contributed by atoms with E-state index in [9.17, 15) is 28.3 Å². The average Bonchev–Trinajstić information content (AvgIpc) is 2.77. The van der Waals surface area contributed by atoms with Crippen molar-refractivity contribution < 1.29 is 23.5 Å². The van der Waals surface area contributed by atoms with Crippen LogP contribution in [0.4, 0.5) is 8.78 Å². The summed E-state index contributed by atoms with van der Waals surface area (Å²) in [6, 6.07) is 2.89. The highest BCUT2D eigenvalue weighted by atomic mass is 19.1. The fourth-order valence-corrected chi connectivity index (χ4v) is 3.68. The smallest absolute Gasteiger partial charge is 0.277 e. The van der Waals surface area contributed by atoms with E-state index in [1.807, 2.05) is 0 Å². The molecule has 0 saturated heterocycles. The Balaban J connectivity index is 1.90. The van der Waals surface area contributed by atoms with Crippen molar-refractivity contribution in [1.82, 2.24) is 14.9 Å². The molecule has 3 rings (SSSR count). The zero-order chi connectivity index (χ0) is 25.0. The molecule has 34 heavy (non-hydrogen) atoms. The summed E-state index contributed by atoms with van der Waals surface area (Å²) < 4.78 is 28.2. The van der Waals surface area contributed by atoms with E-state index < -0.39 is 40.2 Å². The Morgan fingerprint density at radius 2 is 2.03 bits per heavy atom. The SMILES string of the molecule is C#CCN1CN(CCCC(C)C)C(=O)c2c(O)c(=O)c(C(=O)NCc3ccc(F)cc3F)cn21. The average molecular weight is 472 g/mol. The highest BCUT2D eigenvalue weighted by Gasteiger charge is 2.34. The summed E-state index contributed by atoms with van der Waals surface area (Å²) in [5.41, 5.74) is -1.76. The van der Waals surface area contributed by atoms with Crippen LogP contribution in [0.3, 0.4) is 0 Å². The molecule has 180 valence electrons. The number of nitrogens with zero attached hydrogens (tertiary/aromatic N) is 3. The van der Waals surface area contributed by atoms with Gasteiger partial charge in [0.2, 0.25) is 5.43 Å². The molecule has 2 heterocycles. The molecule has 2 aromatic rings. The maximum atomic E-state index is 13.9. The Labute approximate surface area is 195 Å². The van der Waals surface area contributed by atoms with E-state index in [1.165, 1.54) is 15.6 Å². The number of amides is 2. The molecule has 1 aromatic heterocycles. The first-order valence-electron chi connectivity index (χ1n) is 10.8. The van der Waals surface area contributed by atoms with Crippen molar-refractivity contribution in [2.75, 3.05) is 24.8 Å². The summed E-state index contributed by atoms with van der Waals surface area (Å²) in [5, 5.41) is 14.5. The van der Waals surface area contributed by atoms with Crippen LogP contribution in [0.25, 0.3) is 0 Å². The third-order valence-electron chi connectivity index (χ3n) is 5.48. The van der Waals surface area contributed by atoms with Gasteiger partial charge < -0.3 is 15.3 Å². The van der Waals surface area contributed by atoms with Crippen LogP contribution in [-0.2, 0) is 6.54 Å². The number of carbonyl (C=O) groups excluding carboxylic acids is 2. The van der Waals surface area contributed by atoms with Gasteiger partial charge in [0.25, 0.3) is 11.8 Å². The number of nitrogens with one attached hydrogen (secondary N) is 1. The molecule has 0 spiro atoms. The Morgan fingerprint density at radius 3 is 2.68 bits per heavy atom. The molecule has 0 aliphatic carbocycles. The minimum atomic E-state index is -1.04. The highest BCUT2D eigenvalue weighted by Crippen LogP contribution is 2.22. The zero-order valence-corrected chi connectivity index (χ0v) is 19.0. The van der Waals surface area contributed by atoms with Gasteiger partial charge >= 0.3 is 0 Å². The second-order valence-electron chi connectivity index (χ2n) is 8.45. The monoisotopic (exact) mass is 472 g/mol. The van der Waals surface area contributed by atoms with Gasteiger partial charge in [-0.2, -0.15) is 0 Å². The number of terminal acetylenes is 1. The standard InChI is InChI=1S/C24H26F2N4O4/c1-4-9-29-14-28(10-5-6-15(2)3)24(34)20-22(32)21(31)18(13-30(20)29)23(33)27-12-16-7-8-17(25)11-19(16)26/h1,7-8,11,13,15,32H,5-6,9-10,12,14H2,2-3H3,(H,27,33). The van der Waals surface area contributed by atoms with E-state index in [-0.39, 0.29) is 31.0 Å². The predicted octanol–water partition coefficient (Wildman–Crippen LogP) is 2.18. The number of aromatic hydroxyl groups is 1. The van der Waals surface area contributed by atoms with Crippen molar-refractivity contribution in [3.05, 3.63) is 63.1 Å². The lowest BCUT2D eigenvalue weighted by Gasteiger charge is -2.39. The summed E-state index contributed by atoms with van der Waals surface area (Å²) in [4.78, 5) is 40.0. The van der Waals surface area contributed by atoms with Gasteiger partial charge in [0.15, 0.2) is 11.4 Å². The van der Waals surface area contributed by atoms with Crippen LogP contribution in [0.15, 0.2) is 29.2 Å². The van der Waals surface area contributed by atoms with Crippen LogP contribution in [0.2, 0.25) is 0 Å². The molecule has 1 aliphatic rings. The molecule has 0 saturated carbocycles. The van der Waals surface area contributed by atoms with E-state index in [4.69, 9.17) is 6.42 Å². The van der Waals surface area contributed by atoms with E-state index in [2.05, 4.69) is 25.1 Å². The van der Waals surface area contributed by atoms with Crippen molar-refractivity contribution in [3.63, 3.8) is 0 Å². The summed E-state index contributed by atoms with van der Waals surface area (Å²) in [7, 11) is 0. The number of benzene rings is 1. The number of hydrogen-bond donors (Lipinski definition) is 2. The molecular weight excluding hydrogens is 446 g/mol. The fraction of sp³-hybridized carbons (Fsp3) is 0.375. The number of halogens is 2. The molecule has 0 bridgehead atoms. The van der Waals surface area contributed by atoms with Crippen LogP contribution < -0.4 is 15.8 Å². The molecular formula is C24H26F2N4O4. The number of fused-ring (bicyclic) bond motifs is 1. The lowest BCUT2D eigenvalue weighted by atomic mass is 10.1. The molecule has 8 nitrogen and oxygen atoms in total. The van der Waals surface area contributed by atoms with Gasteiger partial charge in [-0.3, -0.25) is 24.1 Å². The number of pyridine rings is 1. The molecule has 2 amide bonds. The van der Waals surface area contributed by atoms with Gasteiger partial charge in [0.05, 0.1) is 6.54 Å². The summed E-state index contributed by atoms with van der Waals surface area (Å²) >= 11 is 0. The van der Waals surface area contributed by atoms with Crippen LogP contribution in [-0.4, -0.2) is 46.3 Å². The van der Waals surface area contributed by atoms with Crippen molar-refractivity contribution in [1.29, 1.82) is 0 Å². The van der Waals surface area contributed by atoms with Crippen molar-refractivity contribution in [3.8, 4) is 18.1 Å². The Bertz CT molecular complexity index is 1200. The predicted molar refractivity (Wildman–Crippen MR) is 122 cm³/mol. The van der Waals surface area contributed by atoms with Gasteiger partial charge in [0, 0.05) is 30.9 Å². The molecule has 1 aromatic carbocycles. The fourth-order valence-electron chi connectivity index (χ4n) is 3.68. The van der Waals surface area contributed by atoms with E-state index in [0.717, 1.165) is 25.1 Å². The first-order valence-corrected chi connectivity index (χ1v) is 10.8. The number of aromatic nitrogens is 1. The zero-order valence-electron chi connectivity index (χ0n) is 19.0. The maximum absolute atomic E-state index is 13.9. The first kappa shape index (κ1) is 24.8. The third-order valence-corrected chi connectivity index (χ3v) is 5.48. The quantitative estimate of drug-likeness (QED) is 0.575. The van der Waals surface area contributed by atoms with Gasteiger partial charge in [-0.25, -0.2) is 8.78 Å². The minimum Gasteiger partial charge on any atom is -0.502 e. The molecule has 0 unspecified atom stereocenters. The number of rotatable bonds is 8. The summed E-state index contributed by atoms with van der Waals surface area (Å²) in [6.45, 7) is 4.39. The van der Waals surface area contributed by atoms with Crippen molar-refractivity contribution in [2.45, 2.75) is 33.2 Å². The van der Waals surface area contributed by atoms with Crippen LogP contribution >= 0.6 is 0 Å². The van der Waals surface area contributed by atoms with Crippen molar-refractivity contribution >= 4 is 11.8 Å². The Morgan fingerprint density at radius 1 is 1.29 bits per heavy atom. The van der Waals surface area contributed by atoms with Crippen LogP contribution in [0.5, 0.6) is 5.75 Å². The maximum Gasteiger partial charge on any atom is 0.277 e. The highest BCUT2D eigenvalue weighted by molar-refractivity contribution is 5.99. The van der Waals surface area contributed by atoms with Crippen molar-refractivity contribution in [2.24, 2.45) is 5.92 Å². The molecule has 0 atom stereocenters. The minimum absolute atomic E-state index is 0.0122. The molecule has 0 radical (unpaired) electrons. The topological polar surface area (TPSA) is 94.9 Å². The Hall–Kier alpha value is -3.87. The van der Waals surface area contributed by atoms with E-state index >= 15 is 0 Å². The lowest BCUT2D eigenvalue weighted by Crippen LogP contribution is -2.54. The first-order chi connectivity index (χ1) is 16.1. The number of hydrogen-bond acceptors (Lipinski definition) is 5. The largest absolute Gasteiger partial charge is 0.502 e. The lowest BCUT2D eigenvalue weighted by molar-refractivity contribution is 0.0684. The van der Waals surface area contributed by atoms with Crippen LogP contribution in [0, 0.1) is 29.9 Å². The summed E-state index contributed by atoms with van der Waals surface area (Å²) in [5.74, 6) is -1.02. The molecule has 1 aliphatic heterocycles.